The zero-order chi connectivity index (χ0) is 13.0. The molecule has 0 aliphatic heterocycles. The molecule has 5 nitrogen and oxygen atoms in total. The number of aromatic nitrogens is 1. The maximum Gasteiger partial charge on any atom is 0.289 e. The van der Waals surface area contributed by atoms with Crippen LogP contribution in [0.3, 0.4) is 0 Å². The Kier molecular flexibility index (Phi) is 3.52. The Morgan fingerprint density at radius 3 is 2.78 bits per heavy atom. The van der Waals surface area contributed by atoms with Crippen LogP contribution in [0.4, 0.5) is 0 Å². The number of rotatable bonds is 3. The summed E-state index contributed by atoms with van der Waals surface area (Å²) < 4.78 is 5.39. The van der Waals surface area contributed by atoms with Gasteiger partial charge >= 0.3 is 0 Å². The van der Waals surface area contributed by atoms with Crippen LogP contribution in [0.1, 0.15) is 28.9 Å². The highest BCUT2D eigenvalue weighted by atomic mass is 16.3. The highest BCUT2D eigenvalue weighted by Gasteiger charge is 2.06. The summed E-state index contributed by atoms with van der Waals surface area (Å²) in [5.41, 5.74) is 3.36. The summed E-state index contributed by atoms with van der Waals surface area (Å²) in [5.74, 6) is 1.09. The normalized spacial score (nSPS) is 11.3. The van der Waals surface area contributed by atoms with E-state index in [1.165, 1.54) is 0 Å². The number of pyridine rings is 1. The smallest absolute Gasteiger partial charge is 0.289 e. The maximum absolute atomic E-state index is 11.7. The minimum absolute atomic E-state index is 0.324. The molecule has 0 aliphatic rings. The van der Waals surface area contributed by atoms with Gasteiger partial charge in [0.1, 0.15) is 22.9 Å². The summed E-state index contributed by atoms with van der Waals surface area (Å²) in [7, 11) is 0. The Morgan fingerprint density at radius 1 is 1.33 bits per heavy atom. The van der Waals surface area contributed by atoms with E-state index in [4.69, 9.17) is 4.42 Å². The van der Waals surface area contributed by atoms with Gasteiger partial charge in [-0.3, -0.25) is 9.78 Å². The fourth-order valence-corrected chi connectivity index (χ4v) is 1.37. The average Bonchev–Trinajstić information content (AvgIpc) is 2.83. The molecule has 0 aliphatic carbocycles. The molecule has 0 saturated carbocycles. The molecule has 2 aromatic heterocycles. The minimum Gasteiger partial charge on any atom is -0.460 e. The van der Waals surface area contributed by atoms with Crippen LogP contribution in [0.5, 0.6) is 0 Å². The maximum atomic E-state index is 11.7. The number of carbonyl (C=O) groups excluding carboxylic acids is 1. The van der Waals surface area contributed by atoms with Crippen molar-refractivity contribution in [2.75, 3.05) is 0 Å². The van der Waals surface area contributed by atoms with Crippen LogP contribution in [0.15, 0.2) is 46.0 Å². The van der Waals surface area contributed by atoms with Gasteiger partial charge in [-0.05, 0) is 38.1 Å². The molecule has 5 heteroatoms. The third kappa shape index (κ3) is 2.82. The average molecular weight is 243 g/mol. The summed E-state index contributed by atoms with van der Waals surface area (Å²) in [4.78, 5) is 15.6. The molecule has 0 unspecified atom stereocenters. The van der Waals surface area contributed by atoms with Crippen molar-refractivity contribution in [1.29, 1.82) is 0 Å². The molecule has 0 spiro atoms. The van der Waals surface area contributed by atoms with Gasteiger partial charge in [0.2, 0.25) is 0 Å². The third-order valence-electron chi connectivity index (χ3n) is 2.32. The first kappa shape index (κ1) is 12.0. The number of carbonyl (C=O) groups is 1. The van der Waals surface area contributed by atoms with Crippen LogP contribution in [-0.4, -0.2) is 16.6 Å². The van der Waals surface area contributed by atoms with E-state index in [1.807, 2.05) is 13.0 Å². The van der Waals surface area contributed by atoms with Gasteiger partial charge in [0.25, 0.3) is 5.91 Å². The van der Waals surface area contributed by atoms with Gasteiger partial charge in [-0.2, -0.15) is 5.10 Å². The van der Waals surface area contributed by atoms with E-state index in [9.17, 15) is 4.79 Å². The van der Waals surface area contributed by atoms with Gasteiger partial charge in [-0.1, -0.05) is 6.07 Å². The summed E-state index contributed by atoms with van der Waals surface area (Å²) >= 11 is 0. The zero-order valence-corrected chi connectivity index (χ0v) is 10.2. The number of hydrogen-bond acceptors (Lipinski definition) is 4. The molecule has 0 atom stereocenters. The highest BCUT2D eigenvalue weighted by molar-refractivity contribution is 5.98. The van der Waals surface area contributed by atoms with Crippen molar-refractivity contribution in [3.8, 4) is 0 Å². The Bertz CT molecular complexity index is 573. The number of nitrogens with zero attached hydrogens (tertiary/aromatic N) is 2. The molecule has 0 fully saturated rings. The van der Waals surface area contributed by atoms with Crippen LogP contribution in [0, 0.1) is 6.92 Å². The first-order chi connectivity index (χ1) is 8.66. The lowest BCUT2D eigenvalue weighted by molar-refractivity contribution is 0.0950. The summed E-state index contributed by atoms with van der Waals surface area (Å²) in [6.07, 6.45) is 1.56. The predicted molar refractivity (Wildman–Crippen MR) is 67.4 cm³/mol. The molecule has 1 N–H and O–H groups in total. The van der Waals surface area contributed by atoms with Gasteiger partial charge < -0.3 is 4.42 Å². The molecule has 2 rings (SSSR count). The molecule has 1 amide bonds. The number of aryl methyl sites for hydroxylation is 1. The molecular weight excluding hydrogens is 230 g/mol. The predicted octanol–water partition coefficient (Wildman–Crippen LogP) is 2.14. The quantitative estimate of drug-likeness (QED) is 0.663. The van der Waals surface area contributed by atoms with Crippen molar-refractivity contribution in [3.05, 3.63) is 53.7 Å². The van der Waals surface area contributed by atoms with E-state index in [-0.39, 0.29) is 5.91 Å². The minimum atomic E-state index is -0.349. The van der Waals surface area contributed by atoms with Crippen LogP contribution in [0.25, 0.3) is 0 Å². The van der Waals surface area contributed by atoms with Crippen molar-refractivity contribution >= 4 is 11.6 Å². The van der Waals surface area contributed by atoms with E-state index < -0.39 is 0 Å². The van der Waals surface area contributed by atoms with Crippen LogP contribution in [0.2, 0.25) is 0 Å². The zero-order valence-electron chi connectivity index (χ0n) is 10.2. The molecule has 2 heterocycles. The molecule has 18 heavy (non-hydrogen) atoms. The van der Waals surface area contributed by atoms with E-state index in [0.29, 0.717) is 17.2 Å². The summed E-state index contributed by atoms with van der Waals surface area (Å²) in [5, 5.41) is 3.97. The monoisotopic (exact) mass is 243 g/mol. The van der Waals surface area contributed by atoms with Crippen LogP contribution in [-0.2, 0) is 0 Å². The fraction of sp³-hybridized carbons (Fsp3) is 0.154. The van der Waals surface area contributed by atoms with E-state index in [0.717, 1.165) is 5.76 Å². The standard InChI is InChI=1S/C13H13N3O2/c1-9-6-7-12(18-9)10(2)15-16-13(17)11-5-3-4-8-14-11/h3-8H,1-2H3,(H,16,17)/b15-10+. The van der Waals surface area contributed by atoms with Gasteiger partial charge in [-0.15, -0.1) is 0 Å². The number of hydrogen-bond donors (Lipinski definition) is 1. The SMILES string of the molecule is C/C(=N\NC(=O)c1ccccn1)c1ccc(C)o1. The molecule has 0 radical (unpaired) electrons. The Hall–Kier alpha value is -2.43. The summed E-state index contributed by atoms with van der Waals surface area (Å²) in [6.45, 7) is 3.61. The molecular formula is C13H13N3O2. The highest BCUT2D eigenvalue weighted by Crippen LogP contribution is 2.07. The number of hydrazone groups is 1. The molecule has 0 saturated heterocycles. The van der Waals surface area contributed by atoms with Crippen LogP contribution < -0.4 is 5.43 Å². The molecule has 92 valence electrons. The lowest BCUT2D eigenvalue weighted by Crippen LogP contribution is -2.20. The largest absolute Gasteiger partial charge is 0.460 e. The molecule has 2 aromatic rings. The van der Waals surface area contributed by atoms with Crippen molar-refractivity contribution in [2.45, 2.75) is 13.8 Å². The first-order valence-electron chi connectivity index (χ1n) is 5.49. The van der Waals surface area contributed by atoms with E-state index in [2.05, 4.69) is 15.5 Å². The Labute approximate surface area is 105 Å². The Balaban J connectivity index is 2.05. The second kappa shape index (κ2) is 5.27. The van der Waals surface area contributed by atoms with Gasteiger partial charge in [-0.25, -0.2) is 5.43 Å². The van der Waals surface area contributed by atoms with Crippen molar-refractivity contribution in [3.63, 3.8) is 0 Å². The van der Waals surface area contributed by atoms with Crippen molar-refractivity contribution < 1.29 is 9.21 Å². The van der Waals surface area contributed by atoms with Gasteiger partial charge in [0.15, 0.2) is 0 Å². The summed E-state index contributed by atoms with van der Waals surface area (Å²) in [6, 6.07) is 8.76. The lowest BCUT2D eigenvalue weighted by Gasteiger charge is -2.00. The van der Waals surface area contributed by atoms with E-state index in [1.54, 1.807) is 37.4 Å². The topological polar surface area (TPSA) is 67.5 Å². The van der Waals surface area contributed by atoms with Crippen LogP contribution >= 0.6 is 0 Å². The van der Waals surface area contributed by atoms with E-state index >= 15 is 0 Å². The first-order valence-corrected chi connectivity index (χ1v) is 5.49. The second-order valence-corrected chi connectivity index (χ2v) is 3.76. The number of amides is 1. The second-order valence-electron chi connectivity index (χ2n) is 3.76. The fourth-order valence-electron chi connectivity index (χ4n) is 1.37. The van der Waals surface area contributed by atoms with Crippen molar-refractivity contribution in [1.82, 2.24) is 10.4 Å². The Morgan fingerprint density at radius 2 is 2.17 bits per heavy atom. The molecule has 0 aromatic carbocycles. The van der Waals surface area contributed by atoms with Crippen molar-refractivity contribution in [2.24, 2.45) is 5.10 Å². The lowest BCUT2D eigenvalue weighted by atomic mass is 10.3. The number of nitrogens with one attached hydrogen (secondary N) is 1. The number of furan rings is 1. The van der Waals surface area contributed by atoms with Gasteiger partial charge in [0.05, 0.1) is 0 Å². The molecule has 0 bridgehead atoms. The third-order valence-corrected chi connectivity index (χ3v) is 2.32. The van der Waals surface area contributed by atoms with Gasteiger partial charge in [0, 0.05) is 6.20 Å².